The average Bonchev–Trinajstić information content (AvgIpc) is 2.32. The molecule has 100 valence electrons. The molecule has 0 aliphatic carbocycles. The predicted octanol–water partition coefficient (Wildman–Crippen LogP) is 0.865. The van der Waals surface area contributed by atoms with Crippen molar-refractivity contribution in [1.82, 2.24) is 15.1 Å². The van der Waals surface area contributed by atoms with Crippen LogP contribution in [0.5, 0.6) is 0 Å². The lowest BCUT2D eigenvalue weighted by molar-refractivity contribution is 0.615. The number of anilines is 1. The van der Waals surface area contributed by atoms with Gasteiger partial charge in [0, 0.05) is 26.2 Å². The lowest BCUT2D eigenvalue weighted by atomic mass is 10.3. The van der Waals surface area contributed by atoms with E-state index in [1.807, 2.05) is 19.0 Å². The van der Waals surface area contributed by atoms with Crippen LogP contribution in [-0.4, -0.2) is 37.0 Å². The van der Waals surface area contributed by atoms with E-state index in [9.17, 15) is 4.79 Å². The summed E-state index contributed by atoms with van der Waals surface area (Å²) in [6.45, 7) is 8.06. The minimum absolute atomic E-state index is 0.0901. The average molecular weight is 250 g/mol. The SMILES string of the molecule is C=C(CNC)Cn1ncc(N(C)CCC)cc1=O. The highest BCUT2D eigenvalue weighted by Gasteiger charge is 2.04. The molecule has 0 fully saturated rings. The van der Waals surface area contributed by atoms with Crippen molar-refractivity contribution < 1.29 is 0 Å². The maximum atomic E-state index is 11.9. The van der Waals surface area contributed by atoms with Gasteiger partial charge in [-0.3, -0.25) is 4.79 Å². The molecule has 5 heteroatoms. The van der Waals surface area contributed by atoms with E-state index in [-0.39, 0.29) is 5.56 Å². The molecule has 0 unspecified atom stereocenters. The molecule has 0 aliphatic heterocycles. The van der Waals surface area contributed by atoms with E-state index in [2.05, 4.69) is 23.9 Å². The molecule has 0 bridgehead atoms. The van der Waals surface area contributed by atoms with Gasteiger partial charge in [-0.1, -0.05) is 13.5 Å². The quantitative estimate of drug-likeness (QED) is 0.729. The van der Waals surface area contributed by atoms with Crippen molar-refractivity contribution in [3.63, 3.8) is 0 Å². The van der Waals surface area contributed by atoms with Crippen LogP contribution in [0.3, 0.4) is 0 Å². The van der Waals surface area contributed by atoms with Crippen LogP contribution in [-0.2, 0) is 6.54 Å². The second-order valence-corrected chi connectivity index (χ2v) is 4.41. The van der Waals surface area contributed by atoms with Gasteiger partial charge in [0.2, 0.25) is 0 Å². The zero-order chi connectivity index (χ0) is 13.5. The monoisotopic (exact) mass is 250 g/mol. The van der Waals surface area contributed by atoms with Gasteiger partial charge in [-0.2, -0.15) is 5.10 Å². The Morgan fingerprint density at radius 2 is 2.33 bits per heavy atom. The van der Waals surface area contributed by atoms with Crippen LogP contribution in [0.1, 0.15) is 13.3 Å². The molecule has 1 aromatic rings. The van der Waals surface area contributed by atoms with Crippen LogP contribution in [0, 0.1) is 0 Å². The van der Waals surface area contributed by atoms with E-state index in [1.165, 1.54) is 4.68 Å². The maximum absolute atomic E-state index is 11.9. The van der Waals surface area contributed by atoms with E-state index in [0.29, 0.717) is 13.1 Å². The van der Waals surface area contributed by atoms with Gasteiger partial charge in [0.25, 0.3) is 5.56 Å². The minimum atomic E-state index is -0.0901. The van der Waals surface area contributed by atoms with Crippen molar-refractivity contribution in [1.29, 1.82) is 0 Å². The van der Waals surface area contributed by atoms with E-state index in [0.717, 1.165) is 24.2 Å². The summed E-state index contributed by atoms with van der Waals surface area (Å²) >= 11 is 0. The fraction of sp³-hybridized carbons (Fsp3) is 0.538. The smallest absolute Gasteiger partial charge is 0.269 e. The summed E-state index contributed by atoms with van der Waals surface area (Å²) in [5.41, 5.74) is 1.70. The lowest BCUT2D eigenvalue weighted by Gasteiger charge is -2.18. The summed E-state index contributed by atoms with van der Waals surface area (Å²) in [6, 6.07) is 1.62. The summed E-state index contributed by atoms with van der Waals surface area (Å²) in [4.78, 5) is 13.9. The highest BCUT2D eigenvalue weighted by atomic mass is 16.1. The minimum Gasteiger partial charge on any atom is -0.373 e. The van der Waals surface area contributed by atoms with Gasteiger partial charge in [-0.05, 0) is 19.0 Å². The number of hydrogen-bond acceptors (Lipinski definition) is 4. The van der Waals surface area contributed by atoms with Crippen molar-refractivity contribution in [2.45, 2.75) is 19.9 Å². The van der Waals surface area contributed by atoms with Crippen LogP contribution in [0.4, 0.5) is 5.69 Å². The Labute approximate surface area is 108 Å². The van der Waals surface area contributed by atoms with Crippen molar-refractivity contribution >= 4 is 5.69 Å². The van der Waals surface area contributed by atoms with Crippen LogP contribution in [0.15, 0.2) is 29.2 Å². The largest absolute Gasteiger partial charge is 0.373 e. The Hall–Kier alpha value is -1.62. The third-order valence-electron chi connectivity index (χ3n) is 2.66. The molecule has 0 aliphatic rings. The van der Waals surface area contributed by atoms with Gasteiger partial charge >= 0.3 is 0 Å². The zero-order valence-corrected chi connectivity index (χ0v) is 11.4. The van der Waals surface area contributed by atoms with Gasteiger partial charge in [-0.15, -0.1) is 0 Å². The molecule has 18 heavy (non-hydrogen) atoms. The predicted molar refractivity (Wildman–Crippen MR) is 75.1 cm³/mol. The first-order valence-corrected chi connectivity index (χ1v) is 6.18. The summed E-state index contributed by atoms with van der Waals surface area (Å²) in [6.07, 6.45) is 2.77. The fourth-order valence-corrected chi connectivity index (χ4v) is 1.73. The normalized spacial score (nSPS) is 10.4. The van der Waals surface area contributed by atoms with Gasteiger partial charge in [0.1, 0.15) is 0 Å². The molecule has 0 atom stereocenters. The molecule has 0 spiro atoms. The Kier molecular flexibility index (Phi) is 5.58. The molecule has 0 saturated carbocycles. The Balaban J connectivity index is 2.80. The van der Waals surface area contributed by atoms with Crippen LogP contribution >= 0.6 is 0 Å². The van der Waals surface area contributed by atoms with Gasteiger partial charge in [0.15, 0.2) is 0 Å². The number of likely N-dealkylation sites (N-methyl/N-ethyl adjacent to an activating group) is 1. The van der Waals surface area contributed by atoms with Crippen molar-refractivity contribution in [3.05, 3.63) is 34.8 Å². The molecule has 1 heterocycles. The van der Waals surface area contributed by atoms with Crippen LogP contribution in [0.2, 0.25) is 0 Å². The Bertz CT molecular complexity index is 453. The van der Waals surface area contributed by atoms with Gasteiger partial charge in [0.05, 0.1) is 18.4 Å². The Morgan fingerprint density at radius 1 is 1.61 bits per heavy atom. The van der Waals surface area contributed by atoms with E-state index < -0.39 is 0 Å². The number of aromatic nitrogens is 2. The summed E-state index contributed by atoms with van der Waals surface area (Å²) < 4.78 is 1.43. The fourth-order valence-electron chi connectivity index (χ4n) is 1.73. The molecule has 0 radical (unpaired) electrons. The van der Waals surface area contributed by atoms with Crippen molar-refractivity contribution in [3.8, 4) is 0 Å². The van der Waals surface area contributed by atoms with E-state index in [4.69, 9.17) is 0 Å². The number of rotatable bonds is 7. The van der Waals surface area contributed by atoms with Crippen molar-refractivity contribution in [2.75, 3.05) is 32.1 Å². The van der Waals surface area contributed by atoms with Gasteiger partial charge < -0.3 is 10.2 Å². The van der Waals surface area contributed by atoms with E-state index in [1.54, 1.807) is 12.3 Å². The standard InChI is InChI=1S/C13H22N4O/c1-5-6-16(4)12-7-13(18)17(15-9-12)10-11(2)8-14-3/h7,9,14H,2,5-6,8,10H2,1,3-4H3. The topological polar surface area (TPSA) is 50.2 Å². The highest BCUT2D eigenvalue weighted by Crippen LogP contribution is 2.07. The zero-order valence-electron chi connectivity index (χ0n) is 11.4. The second kappa shape index (κ2) is 6.96. The number of nitrogens with zero attached hydrogens (tertiary/aromatic N) is 3. The maximum Gasteiger partial charge on any atom is 0.269 e. The molecule has 1 N–H and O–H groups in total. The lowest BCUT2D eigenvalue weighted by Crippen LogP contribution is -2.27. The first-order chi connectivity index (χ1) is 8.58. The Morgan fingerprint density at radius 3 is 2.89 bits per heavy atom. The molecular formula is C13H22N4O. The van der Waals surface area contributed by atoms with Crippen LogP contribution in [0.25, 0.3) is 0 Å². The molecule has 0 saturated heterocycles. The summed E-state index contributed by atoms with van der Waals surface area (Å²) in [5, 5.41) is 7.18. The molecule has 5 nitrogen and oxygen atoms in total. The third kappa shape index (κ3) is 4.00. The first kappa shape index (κ1) is 14.4. The molecule has 1 aromatic heterocycles. The number of nitrogens with one attached hydrogen (secondary N) is 1. The van der Waals surface area contributed by atoms with Crippen LogP contribution < -0.4 is 15.8 Å². The first-order valence-electron chi connectivity index (χ1n) is 6.18. The third-order valence-corrected chi connectivity index (χ3v) is 2.66. The second-order valence-electron chi connectivity index (χ2n) is 4.41. The number of hydrogen-bond donors (Lipinski definition) is 1. The summed E-state index contributed by atoms with van der Waals surface area (Å²) in [7, 11) is 3.81. The summed E-state index contributed by atoms with van der Waals surface area (Å²) in [5.74, 6) is 0. The molecular weight excluding hydrogens is 228 g/mol. The molecule has 0 amide bonds. The van der Waals surface area contributed by atoms with Gasteiger partial charge in [-0.25, -0.2) is 4.68 Å². The van der Waals surface area contributed by atoms with Crippen molar-refractivity contribution in [2.24, 2.45) is 0 Å². The molecule has 1 rings (SSSR count). The van der Waals surface area contributed by atoms with E-state index >= 15 is 0 Å². The highest BCUT2D eigenvalue weighted by molar-refractivity contribution is 5.41. The molecule has 0 aromatic carbocycles.